The Hall–Kier alpha value is -2.19. The summed E-state index contributed by atoms with van der Waals surface area (Å²) in [5, 5.41) is 9.41. The molecule has 8 heteroatoms. The Kier molecular flexibility index (Phi) is 5.15. The summed E-state index contributed by atoms with van der Waals surface area (Å²) in [5.74, 6) is -0.102. The zero-order chi connectivity index (χ0) is 18.9. The lowest BCUT2D eigenvalue weighted by Gasteiger charge is -2.22. The highest BCUT2D eigenvalue weighted by molar-refractivity contribution is 5.56. The zero-order valence-electron chi connectivity index (χ0n) is 14.3. The third kappa shape index (κ3) is 3.81. The number of nitrogens with one attached hydrogen (secondary N) is 1. The minimum Gasteiger partial charge on any atom is -0.395 e. The smallest absolute Gasteiger partial charge is 0.395 e. The molecule has 0 bridgehead atoms. The van der Waals surface area contributed by atoms with Gasteiger partial charge in [0, 0.05) is 23.7 Å². The number of hydrogen-bond acceptors (Lipinski definition) is 4. The van der Waals surface area contributed by atoms with E-state index in [1.807, 2.05) is 6.07 Å². The fourth-order valence-electron chi connectivity index (χ4n) is 3.31. The van der Waals surface area contributed by atoms with Gasteiger partial charge in [-0.1, -0.05) is 18.2 Å². The first-order chi connectivity index (χ1) is 12.3. The standard InChI is InChI=1S/C18H20F3N3O2/c1-11-15(18(19,20)21)22-16(23-17(11)26)13-5-2-4-12(8-13)9-24-7-3-6-14(24)10-25/h2,4-5,8,14,25H,3,6-7,9-10H2,1H3,(H,22,23,26)/t14-/m1/s1. The van der Waals surface area contributed by atoms with Gasteiger partial charge in [0.2, 0.25) is 0 Å². The number of hydrogen-bond donors (Lipinski definition) is 2. The van der Waals surface area contributed by atoms with E-state index in [4.69, 9.17) is 0 Å². The van der Waals surface area contributed by atoms with E-state index in [2.05, 4.69) is 14.9 Å². The molecular formula is C18H20F3N3O2. The molecular weight excluding hydrogens is 347 g/mol. The molecule has 3 rings (SSSR count). The van der Waals surface area contributed by atoms with Gasteiger partial charge in [-0.2, -0.15) is 13.2 Å². The summed E-state index contributed by atoms with van der Waals surface area (Å²) in [6, 6.07) is 7.04. The fourth-order valence-corrected chi connectivity index (χ4v) is 3.31. The molecule has 0 spiro atoms. The third-order valence-electron chi connectivity index (χ3n) is 4.72. The van der Waals surface area contributed by atoms with Crippen LogP contribution in [0.4, 0.5) is 13.2 Å². The van der Waals surface area contributed by atoms with E-state index in [1.54, 1.807) is 18.2 Å². The van der Waals surface area contributed by atoms with Gasteiger partial charge in [-0.25, -0.2) is 4.98 Å². The lowest BCUT2D eigenvalue weighted by molar-refractivity contribution is -0.141. The molecule has 1 atom stereocenters. The highest BCUT2D eigenvalue weighted by Gasteiger charge is 2.36. The van der Waals surface area contributed by atoms with Crippen molar-refractivity contribution < 1.29 is 18.3 Å². The average Bonchev–Trinajstić information content (AvgIpc) is 3.03. The second-order valence-corrected chi connectivity index (χ2v) is 6.54. The first kappa shape index (κ1) is 18.6. The predicted octanol–water partition coefficient (Wildman–Crippen LogP) is 2.72. The average molecular weight is 367 g/mol. The maximum absolute atomic E-state index is 13.1. The first-order valence-corrected chi connectivity index (χ1v) is 8.42. The number of nitrogens with zero attached hydrogens (tertiary/aromatic N) is 2. The number of likely N-dealkylation sites (tertiary alicyclic amines) is 1. The maximum Gasteiger partial charge on any atom is 0.433 e. The van der Waals surface area contributed by atoms with Crippen LogP contribution >= 0.6 is 0 Å². The summed E-state index contributed by atoms with van der Waals surface area (Å²) in [4.78, 5) is 20.1. The van der Waals surface area contributed by atoms with E-state index in [9.17, 15) is 23.1 Å². The zero-order valence-corrected chi connectivity index (χ0v) is 14.3. The molecule has 0 saturated carbocycles. The number of aliphatic hydroxyl groups is 1. The number of aromatic amines is 1. The molecule has 1 fully saturated rings. The molecule has 1 aliphatic rings. The Morgan fingerprint density at radius 2 is 2.15 bits per heavy atom. The molecule has 1 aliphatic heterocycles. The van der Waals surface area contributed by atoms with Gasteiger partial charge in [-0.05, 0) is 37.9 Å². The Balaban J connectivity index is 1.93. The summed E-state index contributed by atoms with van der Waals surface area (Å²) in [7, 11) is 0. The highest BCUT2D eigenvalue weighted by Crippen LogP contribution is 2.30. The summed E-state index contributed by atoms with van der Waals surface area (Å²) >= 11 is 0. The topological polar surface area (TPSA) is 69.2 Å². The van der Waals surface area contributed by atoms with Crippen LogP contribution in [0, 0.1) is 6.92 Å². The molecule has 0 aliphatic carbocycles. The molecule has 26 heavy (non-hydrogen) atoms. The molecule has 2 heterocycles. The summed E-state index contributed by atoms with van der Waals surface area (Å²) < 4.78 is 39.3. The minimum atomic E-state index is -4.69. The van der Waals surface area contributed by atoms with Gasteiger partial charge < -0.3 is 10.1 Å². The van der Waals surface area contributed by atoms with E-state index in [0.29, 0.717) is 12.1 Å². The van der Waals surface area contributed by atoms with Gasteiger partial charge in [0.25, 0.3) is 5.56 Å². The lowest BCUT2D eigenvalue weighted by Crippen LogP contribution is -2.31. The van der Waals surface area contributed by atoms with Crippen molar-refractivity contribution in [3.05, 3.63) is 51.4 Å². The first-order valence-electron chi connectivity index (χ1n) is 8.42. The summed E-state index contributed by atoms with van der Waals surface area (Å²) in [5.41, 5.74) is -1.10. The SMILES string of the molecule is Cc1c(C(F)(F)F)nc(-c2cccc(CN3CCC[C@@H]3CO)c2)[nH]c1=O. The van der Waals surface area contributed by atoms with Crippen molar-refractivity contribution in [1.82, 2.24) is 14.9 Å². The van der Waals surface area contributed by atoms with Crippen molar-refractivity contribution in [2.45, 2.75) is 38.5 Å². The van der Waals surface area contributed by atoms with Crippen LogP contribution in [-0.4, -0.2) is 39.2 Å². The lowest BCUT2D eigenvalue weighted by atomic mass is 10.1. The van der Waals surface area contributed by atoms with Crippen LogP contribution in [0.25, 0.3) is 11.4 Å². The van der Waals surface area contributed by atoms with Gasteiger partial charge >= 0.3 is 6.18 Å². The van der Waals surface area contributed by atoms with Gasteiger partial charge in [-0.3, -0.25) is 9.69 Å². The molecule has 140 valence electrons. The molecule has 2 N–H and O–H groups in total. The largest absolute Gasteiger partial charge is 0.433 e. The van der Waals surface area contributed by atoms with Gasteiger partial charge in [0.15, 0.2) is 5.69 Å². The van der Waals surface area contributed by atoms with E-state index >= 15 is 0 Å². The second kappa shape index (κ2) is 7.20. The minimum absolute atomic E-state index is 0.0848. The van der Waals surface area contributed by atoms with Crippen LogP contribution in [-0.2, 0) is 12.7 Å². The predicted molar refractivity (Wildman–Crippen MR) is 90.6 cm³/mol. The fraction of sp³-hybridized carbons (Fsp3) is 0.444. The van der Waals surface area contributed by atoms with Crippen LogP contribution in [0.3, 0.4) is 0 Å². The Labute approximate surface area is 148 Å². The van der Waals surface area contributed by atoms with Gasteiger partial charge in [0.1, 0.15) is 5.82 Å². The number of rotatable bonds is 4. The van der Waals surface area contributed by atoms with E-state index in [0.717, 1.165) is 31.9 Å². The molecule has 5 nitrogen and oxygen atoms in total. The van der Waals surface area contributed by atoms with Gasteiger partial charge in [-0.15, -0.1) is 0 Å². The van der Waals surface area contributed by atoms with Crippen LogP contribution in [0.1, 0.15) is 29.7 Å². The van der Waals surface area contributed by atoms with Crippen LogP contribution in [0.2, 0.25) is 0 Å². The Morgan fingerprint density at radius 1 is 1.38 bits per heavy atom. The molecule has 0 amide bonds. The van der Waals surface area contributed by atoms with E-state index < -0.39 is 23.0 Å². The summed E-state index contributed by atoms with van der Waals surface area (Å²) in [6.07, 6.45) is -2.75. The molecule has 1 saturated heterocycles. The number of alkyl halides is 3. The number of aromatic nitrogens is 2. The number of halogens is 3. The quantitative estimate of drug-likeness (QED) is 0.872. The van der Waals surface area contributed by atoms with Crippen LogP contribution < -0.4 is 5.56 Å². The number of aliphatic hydroxyl groups excluding tert-OH is 1. The number of H-pyrrole nitrogens is 1. The van der Waals surface area contributed by atoms with Crippen molar-refractivity contribution in [2.75, 3.05) is 13.2 Å². The second-order valence-electron chi connectivity index (χ2n) is 6.54. The van der Waals surface area contributed by atoms with Crippen LogP contribution in [0.15, 0.2) is 29.1 Å². The molecule has 0 radical (unpaired) electrons. The molecule has 0 unspecified atom stereocenters. The molecule has 1 aromatic heterocycles. The Morgan fingerprint density at radius 3 is 2.85 bits per heavy atom. The summed E-state index contributed by atoms with van der Waals surface area (Å²) in [6.45, 7) is 2.65. The van der Waals surface area contributed by atoms with Crippen molar-refractivity contribution >= 4 is 0 Å². The highest BCUT2D eigenvalue weighted by atomic mass is 19.4. The normalized spacial score (nSPS) is 18.4. The van der Waals surface area contributed by atoms with Gasteiger partial charge in [0.05, 0.1) is 6.61 Å². The van der Waals surface area contributed by atoms with E-state index in [-0.39, 0.29) is 18.5 Å². The Bertz CT molecular complexity index is 848. The third-order valence-corrected chi connectivity index (χ3v) is 4.72. The molecule has 1 aromatic carbocycles. The van der Waals surface area contributed by atoms with Crippen molar-refractivity contribution in [3.63, 3.8) is 0 Å². The number of benzene rings is 1. The van der Waals surface area contributed by atoms with Crippen molar-refractivity contribution in [1.29, 1.82) is 0 Å². The van der Waals surface area contributed by atoms with Crippen molar-refractivity contribution in [2.24, 2.45) is 0 Å². The van der Waals surface area contributed by atoms with Crippen LogP contribution in [0.5, 0.6) is 0 Å². The maximum atomic E-state index is 13.1. The van der Waals surface area contributed by atoms with E-state index in [1.165, 1.54) is 0 Å². The van der Waals surface area contributed by atoms with Crippen molar-refractivity contribution in [3.8, 4) is 11.4 Å². The monoisotopic (exact) mass is 367 g/mol. The molecule has 2 aromatic rings.